The Morgan fingerprint density at radius 3 is 2.40 bits per heavy atom. The van der Waals surface area contributed by atoms with Crippen LogP contribution in [0.4, 0.5) is 0 Å². The highest BCUT2D eigenvalue weighted by Gasteiger charge is 2.23. The van der Waals surface area contributed by atoms with Crippen LogP contribution < -0.4 is 0 Å². The molecule has 0 saturated carbocycles. The monoisotopic (exact) mass is 400 g/mol. The van der Waals surface area contributed by atoms with Crippen LogP contribution in [0.25, 0.3) is 0 Å². The van der Waals surface area contributed by atoms with E-state index in [1.54, 1.807) is 44.0 Å². The van der Waals surface area contributed by atoms with Crippen molar-refractivity contribution in [3.63, 3.8) is 0 Å². The number of benzene rings is 1. The van der Waals surface area contributed by atoms with Crippen LogP contribution in [0.5, 0.6) is 0 Å². The molecule has 1 heterocycles. The van der Waals surface area contributed by atoms with Gasteiger partial charge in [-0.2, -0.15) is 4.31 Å². The predicted octanol–water partition coefficient (Wildman–Crippen LogP) is 3.70. The minimum absolute atomic E-state index is 0.134. The van der Waals surface area contributed by atoms with Gasteiger partial charge in [-0.15, -0.1) is 11.3 Å². The van der Waals surface area contributed by atoms with E-state index in [1.807, 2.05) is 6.07 Å². The molecule has 136 valence electrons. The molecule has 0 spiro atoms. The molecule has 2 rings (SSSR count). The van der Waals surface area contributed by atoms with Gasteiger partial charge in [0.05, 0.1) is 15.8 Å². The van der Waals surface area contributed by atoms with Crippen molar-refractivity contribution in [3.05, 3.63) is 51.2 Å². The van der Waals surface area contributed by atoms with E-state index in [0.29, 0.717) is 29.5 Å². The third kappa shape index (κ3) is 4.61. The molecule has 0 atom stereocenters. The molecule has 0 aliphatic carbocycles. The van der Waals surface area contributed by atoms with E-state index >= 15 is 0 Å². The van der Waals surface area contributed by atoms with Crippen molar-refractivity contribution < 1.29 is 13.2 Å². The number of carbonyl (C=O) groups is 1. The van der Waals surface area contributed by atoms with Crippen molar-refractivity contribution in [2.24, 2.45) is 0 Å². The quantitative estimate of drug-likeness (QED) is 0.711. The number of nitrogens with zero attached hydrogens (tertiary/aromatic N) is 2. The maximum absolute atomic E-state index is 12.6. The van der Waals surface area contributed by atoms with Gasteiger partial charge in [0.1, 0.15) is 0 Å². The molecule has 0 N–H and O–H groups in total. The van der Waals surface area contributed by atoms with Gasteiger partial charge >= 0.3 is 0 Å². The summed E-state index contributed by atoms with van der Waals surface area (Å²) in [4.78, 5) is 15.3. The molecule has 1 aromatic heterocycles. The predicted molar refractivity (Wildman–Crippen MR) is 102 cm³/mol. The van der Waals surface area contributed by atoms with Crippen LogP contribution in [0.3, 0.4) is 0 Å². The number of hydrogen-bond donors (Lipinski definition) is 0. The first kappa shape index (κ1) is 19.9. The van der Waals surface area contributed by atoms with Crippen LogP contribution in [0.15, 0.2) is 41.3 Å². The van der Waals surface area contributed by atoms with Gasteiger partial charge in [-0.25, -0.2) is 8.42 Å². The first-order valence-corrected chi connectivity index (χ1v) is 10.5. The fourth-order valence-electron chi connectivity index (χ4n) is 2.46. The van der Waals surface area contributed by atoms with Gasteiger partial charge in [0.25, 0.3) is 5.91 Å². The van der Waals surface area contributed by atoms with Crippen molar-refractivity contribution in [3.8, 4) is 0 Å². The Bertz CT molecular complexity index is 845. The van der Waals surface area contributed by atoms with Gasteiger partial charge < -0.3 is 4.90 Å². The molecular weight excluding hydrogens is 380 g/mol. The number of rotatable bonds is 7. The van der Waals surface area contributed by atoms with Crippen LogP contribution in [0.2, 0.25) is 4.34 Å². The topological polar surface area (TPSA) is 57.7 Å². The third-order valence-corrected chi connectivity index (χ3v) is 7.05. The molecule has 25 heavy (non-hydrogen) atoms. The zero-order chi connectivity index (χ0) is 18.6. The summed E-state index contributed by atoms with van der Waals surface area (Å²) in [6, 6.07) is 9.84. The van der Waals surface area contributed by atoms with Crippen LogP contribution in [0.1, 0.15) is 29.1 Å². The van der Waals surface area contributed by atoms with Crippen molar-refractivity contribution in [2.45, 2.75) is 25.3 Å². The second-order valence-electron chi connectivity index (χ2n) is 5.48. The largest absolute Gasteiger partial charge is 0.337 e. The summed E-state index contributed by atoms with van der Waals surface area (Å²) < 4.78 is 27.3. The van der Waals surface area contributed by atoms with Crippen molar-refractivity contribution in [1.29, 1.82) is 0 Å². The standard InChI is InChI=1S/C17H21ClN2O3S2/c1-4-20(5-2)25(22,23)15-8-6-7-13(11-15)17(21)19(3)12-14-9-10-16(18)24-14/h6-11H,4-5,12H2,1-3H3. The molecule has 1 amide bonds. The third-order valence-electron chi connectivity index (χ3n) is 3.79. The SMILES string of the molecule is CCN(CC)S(=O)(=O)c1cccc(C(=O)N(C)Cc2ccc(Cl)s2)c1. The van der Waals surface area contributed by atoms with Crippen LogP contribution >= 0.6 is 22.9 Å². The number of carbonyl (C=O) groups excluding carboxylic acids is 1. The second-order valence-corrected chi connectivity index (χ2v) is 9.22. The number of hydrogen-bond acceptors (Lipinski definition) is 4. The van der Waals surface area contributed by atoms with Gasteiger partial charge in [-0.05, 0) is 30.3 Å². The van der Waals surface area contributed by atoms with Crippen molar-refractivity contribution >= 4 is 38.9 Å². The Labute approximate surface area is 157 Å². The normalized spacial score (nSPS) is 11.7. The second kappa shape index (κ2) is 8.31. The maximum atomic E-state index is 12.6. The minimum Gasteiger partial charge on any atom is -0.337 e. The number of sulfonamides is 1. The lowest BCUT2D eigenvalue weighted by Crippen LogP contribution is -2.31. The van der Waals surface area contributed by atoms with Crippen molar-refractivity contribution in [1.82, 2.24) is 9.21 Å². The highest BCUT2D eigenvalue weighted by atomic mass is 35.5. The Hall–Kier alpha value is -1.41. The van der Waals surface area contributed by atoms with E-state index in [2.05, 4.69) is 0 Å². The number of thiophene rings is 1. The van der Waals surface area contributed by atoms with E-state index in [0.717, 1.165) is 4.88 Å². The molecular formula is C17H21ClN2O3S2. The summed E-state index contributed by atoms with van der Waals surface area (Å²) in [6.07, 6.45) is 0. The van der Waals surface area contributed by atoms with E-state index in [1.165, 1.54) is 27.8 Å². The lowest BCUT2D eigenvalue weighted by molar-refractivity contribution is 0.0786. The summed E-state index contributed by atoms with van der Waals surface area (Å²) in [5, 5.41) is 0. The van der Waals surface area contributed by atoms with Gasteiger partial charge in [0, 0.05) is 30.6 Å². The number of amides is 1. The maximum Gasteiger partial charge on any atom is 0.253 e. The summed E-state index contributed by atoms with van der Waals surface area (Å²) in [5.41, 5.74) is 0.346. The lowest BCUT2D eigenvalue weighted by Gasteiger charge is -2.20. The van der Waals surface area contributed by atoms with Gasteiger partial charge in [0.15, 0.2) is 0 Å². The first-order chi connectivity index (χ1) is 11.8. The molecule has 0 unspecified atom stereocenters. The Morgan fingerprint density at radius 1 is 1.16 bits per heavy atom. The molecule has 0 saturated heterocycles. The fourth-order valence-corrected chi connectivity index (χ4v) is 5.11. The summed E-state index contributed by atoms with van der Waals surface area (Å²) in [5.74, 6) is -0.235. The van der Waals surface area contributed by atoms with E-state index in [9.17, 15) is 13.2 Å². The van der Waals surface area contributed by atoms with Crippen LogP contribution in [0, 0.1) is 0 Å². The average Bonchev–Trinajstić information content (AvgIpc) is 3.00. The number of halogens is 1. The Kier molecular flexibility index (Phi) is 6.62. The van der Waals surface area contributed by atoms with Gasteiger partial charge in [-0.1, -0.05) is 31.5 Å². The van der Waals surface area contributed by atoms with E-state index < -0.39 is 10.0 Å². The lowest BCUT2D eigenvalue weighted by atomic mass is 10.2. The Balaban J connectivity index is 2.24. The molecule has 0 bridgehead atoms. The molecule has 0 aliphatic heterocycles. The molecule has 5 nitrogen and oxygen atoms in total. The van der Waals surface area contributed by atoms with Crippen molar-refractivity contribution in [2.75, 3.05) is 20.1 Å². The summed E-state index contributed by atoms with van der Waals surface area (Å²) >= 11 is 7.33. The molecule has 8 heteroatoms. The Morgan fingerprint density at radius 2 is 1.84 bits per heavy atom. The fraction of sp³-hybridized carbons (Fsp3) is 0.353. The smallest absolute Gasteiger partial charge is 0.253 e. The molecule has 0 radical (unpaired) electrons. The van der Waals surface area contributed by atoms with E-state index in [4.69, 9.17) is 11.6 Å². The highest BCUT2D eigenvalue weighted by Crippen LogP contribution is 2.23. The summed E-state index contributed by atoms with van der Waals surface area (Å²) in [6.45, 7) is 4.77. The molecule has 0 fully saturated rings. The molecule has 1 aromatic carbocycles. The minimum atomic E-state index is -3.59. The first-order valence-electron chi connectivity index (χ1n) is 7.89. The van der Waals surface area contributed by atoms with Gasteiger partial charge in [0.2, 0.25) is 10.0 Å². The average molecular weight is 401 g/mol. The van der Waals surface area contributed by atoms with Crippen LogP contribution in [-0.2, 0) is 16.6 Å². The summed E-state index contributed by atoms with van der Waals surface area (Å²) in [7, 11) is -1.91. The van der Waals surface area contributed by atoms with E-state index in [-0.39, 0.29) is 10.8 Å². The molecule has 0 aliphatic rings. The zero-order valence-corrected chi connectivity index (χ0v) is 16.8. The van der Waals surface area contributed by atoms with Crippen LogP contribution in [-0.4, -0.2) is 43.7 Å². The van der Waals surface area contributed by atoms with Gasteiger partial charge in [-0.3, -0.25) is 4.79 Å². The zero-order valence-electron chi connectivity index (χ0n) is 14.4. The molecule has 2 aromatic rings. The highest BCUT2D eigenvalue weighted by molar-refractivity contribution is 7.89.